The lowest BCUT2D eigenvalue weighted by Crippen LogP contribution is -2.43. The Balaban J connectivity index is 0.00000182. The summed E-state index contributed by atoms with van der Waals surface area (Å²) in [7, 11) is 0. The first-order chi connectivity index (χ1) is 12.2. The topological polar surface area (TPSA) is 58.4 Å². The van der Waals surface area contributed by atoms with Gasteiger partial charge in [-0.3, -0.25) is 9.69 Å². The van der Waals surface area contributed by atoms with E-state index in [0.717, 1.165) is 44.6 Å². The minimum Gasteiger partial charge on any atom is -0.399 e. The summed E-state index contributed by atoms with van der Waals surface area (Å²) in [4.78, 5) is 14.9. The molecule has 0 aromatic heterocycles. The number of nitrogens with zero attached hydrogens (tertiary/aromatic N) is 1. The first-order valence-electron chi connectivity index (χ1n) is 9.09. The van der Waals surface area contributed by atoms with E-state index in [-0.39, 0.29) is 36.6 Å². The van der Waals surface area contributed by atoms with Crippen molar-refractivity contribution in [3.63, 3.8) is 0 Å². The molecule has 1 saturated heterocycles. The quantitative estimate of drug-likeness (QED) is 0.715. The maximum Gasteiger partial charge on any atom is 0.224 e. The molecule has 6 heteroatoms. The highest BCUT2D eigenvalue weighted by Gasteiger charge is 2.25. The second-order valence-corrected chi connectivity index (χ2v) is 6.84. The van der Waals surface area contributed by atoms with Crippen molar-refractivity contribution in [3.8, 4) is 0 Å². The van der Waals surface area contributed by atoms with Crippen LogP contribution in [0.1, 0.15) is 24.0 Å². The lowest BCUT2D eigenvalue weighted by molar-refractivity contribution is -0.126. The second kappa shape index (κ2) is 11.9. The summed E-state index contributed by atoms with van der Waals surface area (Å²) in [5, 5.41) is 3.10. The van der Waals surface area contributed by atoms with Crippen molar-refractivity contribution in [2.45, 2.75) is 25.8 Å². The molecule has 2 aromatic rings. The number of nitrogen functional groups attached to an aromatic ring is 1. The first kappa shape index (κ1) is 23.3. The van der Waals surface area contributed by atoms with Crippen LogP contribution in [0.5, 0.6) is 0 Å². The van der Waals surface area contributed by atoms with E-state index in [2.05, 4.69) is 34.5 Å². The van der Waals surface area contributed by atoms with Crippen LogP contribution in [-0.4, -0.2) is 30.4 Å². The number of rotatable bonds is 6. The average Bonchev–Trinajstić information content (AvgIpc) is 2.64. The third kappa shape index (κ3) is 7.41. The summed E-state index contributed by atoms with van der Waals surface area (Å²) >= 11 is 0. The van der Waals surface area contributed by atoms with Gasteiger partial charge in [0.2, 0.25) is 5.91 Å². The SMILES string of the molecule is Cl.Cl.Nc1ccc(CCNC(=O)C2CCCN(Cc3ccccc3)C2)cc1. The third-order valence-electron chi connectivity index (χ3n) is 4.82. The number of carbonyl (C=O) groups excluding carboxylic acids is 1. The number of carbonyl (C=O) groups is 1. The van der Waals surface area contributed by atoms with Crippen LogP contribution >= 0.6 is 24.8 Å². The zero-order valence-electron chi connectivity index (χ0n) is 15.5. The highest BCUT2D eigenvalue weighted by Crippen LogP contribution is 2.18. The Morgan fingerprint density at radius 2 is 1.74 bits per heavy atom. The normalized spacial score (nSPS) is 16.7. The molecule has 0 bridgehead atoms. The zero-order valence-corrected chi connectivity index (χ0v) is 17.1. The Labute approximate surface area is 174 Å². The number of anilines is 1. The van der Waals surface area contributed by atoms with Crippen LogP contribution in [0.15, 0.2) is 54.6 Å². The molecule has 2 aromatic carbocycles. The molecular weight excluding hydrogens is 381 g/mol. The van der Waals surface area contributed by atoms with Gasteiger partial charge in [0.1, 0.15) is 0 Å². The van der Waals surface area contributed by atoms with Gasteiger partial charge in [-0.15, -0.1) is 24.8 Å². The molecule has 1 fully saturated rings. The molecule has 1 heterocycles. The number of hydrogen-bond acceptors (Lipinski definition) is 3. The summed E-state index contributed by atoms with van der Waals surface area (Å²) in [6.45, 7) is 3.53. The molecule has 4 nitrogen and oxygen atoms in total. The predicted octanol–water partition coefficient (Wildman–Crippen LogP) is 3.68. The van der Waals surface area contributed by atoms with Crippen molar-refractivity contribution < 1.29 is 4.79 Å². The fraction of sp³-hybridized carbons (Fsp3) is 0.381. The van der Waals surface area contributed by atoms with Gasteiger partial charge in [-0.2, -0.15) is 0 Å². The molecule has 3 N–H and O–H groups in total. The number of nitrogens with two attached hydrogens (primary N) is 1. The number of amides is 1. The Bertz CT molecular complexity index is 680. The van der Waals surface area contributed by atoms with Gasteiger partial charge in [-0.25, -0.2) is 0 Å². The van der Waals surface area contributed by atoms with E-state index in [1.165, 1.54) is 11.1 Å². The molecular formula is C21H29Cl2N3O. The van der Waals surface area contributed by atoms with E-state index in [1.807, 2.05) is 30.3 Å². The molecule has 27 heavy (non-hydrogen) atoms. The molecule has 3 rings (SSSR count). The van der Waals surface area contributed by atoms with Gasteiger partial charge in [0.25, 0.3) is 0 Å². The van der Waals surface area contributed by atoms with E-state index in [9.17, 15) is 4.79 Å². The maximum absolute atomic E-state index is 12.5. The van der Waals surface area contributed by atoms with Crippen LogP contribution < -0.4 is 11.1 Å². The summed E-state index contributed by atoms with van der Waals surface area (Å²) < 4.78 is 0. The van der Waals surface area contributed by atoms with Crippen molar-refractivity contribution in [2.75, 3.05) is 25.4 Å². The zero-order chi connectivity index (χ0) is 17.5. The van der Waals surface area contributed by atoms with Crippen molar-refractivity contribution in [3.05, 3.63) is 65.7 Å². The van der Waals surface area contributed by atoms with Crippen molar-refractivity contribution in [1.82, 2.24) is 10.2 Å². The monoisotopic (exact) mass is 409 g/mol. The lowest BCUT2D eigenvalue weighted by Gasteiger charge is -2.32. The number of piperidine rings is 1. The molecule has 0 aliphatic carbocycles. The van der Waals surface area contributed by atoms with E-state index < -0.39 is 0 Å². The van der Waals surface area contributed by atoms with Crippen molar-refractivity contribution in [2.24, 2.45) is 5.92 Å². The fourth-order valence-corrected chi connectivity index (χ4v) is 3.41. The molecule has 1 atom stereocenters. The Hall–Kier alpha value is -1.75. The minimum absolute atomic E-state index is 0. The molecule has 1 aliphatic heterocycles. The number of benzene rings is 2. The van der Waals surface area contributed by atoms with E-state index in [1.54, 1.807) is 0 Å². The van der Waals surface area contributed by atoms with Crippen LogP contribution in [0.3, 0.4) is 0 Å². The average molecular weight is 410 g/mol. The van der Waals surface area contributed by atoms with Gasteiger partial charge in [0, 0.05) is 25.3 Å². The molecule has 0 radical (unpaired) electrons. The Kier molecular flexibility index (Phi) is 10.2. The molecule has 148 valence electrons. The summed E-state index contributed by atoms with van der Waals surface area (Å²) in [6, 6.07) is 18.3. The molecule has 1 aliphatic rings. The highest BCUT2D eigenvalue weighted by molar-refractivity contribution is 5.85. The smallest absolute Gasteiger partial charge is 0.224 e. The van der Waals surface area contributed by atoms with Gasteiger partial charge in [0.05, 0.1) is 5.92 Å². The van der Waals surface area contributed by atoms with Crippen LogP contribution in [0.4, 0.5) is 5.69 Å². The summed E-state index contributed by atoms with van der Waals surface area (Å²) in [5.41, 5.74) is 8.98. The van der Waals surface area contributed by atoms with Crippen LogP contribution in [-0.2, 0) is 17.8 Å². The van der Waals surface area contributed by atoms with Gasteiger partial charge in [0.15, 0.2) is 0 Å². The van der Waals surface area contributed by atoms with Gasteiger partial charge < -0.3 is 11.1 Å². The van der Waals surface area contributed by atoms with Crippen LogP contribution in [0.2, 0.25) is 0 Å². The summed E-state index contributed by atoms with van der Waals surface area (Å²) in [6.07, 6.45) is 2.91. The Morgan fingerprint density at radius 3 is 2.44 bits per heavy atom. The number of halogens is 2. The first-order valence-corrected chi connectivity index (χ1v) is 9.09. The van der Waals surface area contributed by atoms with Gasteiger partial charge in [-0.05, 0) is 49.1 Å². The lowest BCUT2D eigenvalue weighted by atomic mass is 9.96. The van der Waals surface area contributed by atoms with E-state index in [4.69, 9.17) is 5.73 Å². The predicted molar refractivity (Wildman–Crippen MR) is 117 cm³/mol. The number of hydrogen-bond donors (Lipinski definition) is 2. The maximum atomic E-state index is 12.5. The summed E-state index contributed by atoms with van der Waals surface area (Å²) in [5.74, 6) is 0.289. The Morgan fingerprint density at radius 1 is 1.04 bits per heavy atom. The molecule has 1 amide bonds. The van der Waals surface area contributed by atoms with Crippen LogP contribution in [0, 0.1) is 5.92 Å². The van der Waals surface area contributed by atoms with E-state index >= 15 is 0 Å². The van der Waals surface area contributed by atoms with Gasteiger partial charge in [-0.1, -0.05) is 42.5 Å². The molecule has 1 unspecified atom stereocenters. The number of nitrogens with one attached hydrogen (secondary N) is 1. The minimum atomic E-state index is 0. The van der Waals surface area contributed by atoms with E-state index in [0.29, 0.717) is 6.54 Å². The molecule has 0 saturated carbocycles. The number of likely N-dealkylation sites (tertiary alicyclic amines) is 1. The van der Waals surface area contributed by atoms with Crippen molar-refractivity contribution in [1.29, 1.82) is 0 Å². The molecule has 0 spiro atoms. The van der Waals surface area contributed by atoms with Crippen molar-refractivity contribution >= 4 is 36.4 Å². The van der Waals surface area contributed by atoms with Gasteiger partial charge >= 0.3 is 0 Å². The standard InChI is InChI=1S/C21H27N3O.2ClH/c22-20-10-8-17(9-11-20)12-13-23-21(25)19-7-4-14-24(16-19)15-18-5-2-1-3-6-18;;/h1-3,5-6,8-11,19H,4,7,12-16,22H2,(H,23,25);2*1H. The largest absolute Gasteiger partial charge is 0.399 e. The third-order valence-corrected chi connectivity index (χ3v) is 4.82. The van der Waals surface area contributed by atoms with Crippen LogP contribution in [0.25, 0.3) is 0 Å². The second-order valence-electron chi connectivity index (χ2n) is 6.84. The highest BCUT2D eigenvalue weighted by atomic mass is 35.5. The fourth-order valence-electron chi connectivity index (χ4n) is 3.41.